The monoisotopic (exact) mass is 278 g/mol. The summed E-state index contributed by atoms with van der Waals surface area (Å²) in [6.07, 6.45) is 3.68. The van der Waals surface area contributed by atoms with Crippen molar-refractivity contribution in [3.63, 3.8) is 0 Å². The molecule has 1 heterocycles. The van der Waals surface area contributed by atoms with E-state index >= 15 is 0 Å². The molecule has 3 heteroatoms. The normalized spacial score (nSPS) is 27.8. The Bertz CT molecular complexity index is 411. The largest absolute Gasteiger partial charge is 0.327 e. The molecular weight excluding hydrogens is 252 g/mol. The quantitative estimate of drug-likeness (QED) is 0.910. The van der Waals surface area contributed by atoms with Crippen LogP contribution in [0.2, 0.25) is 0 Å². The zero-order valence-electron chi connectivity index (χ0n) is 12.5. The first-order chi connectivity index (χ1) is 8.95. The van der Waals surface area contributed by atoms with Crippen LogP contribution in [0.15, 0.2) is 17.2 Å². The molecule has 0 aliphatic heterocycles. The van der Waals surface area contributed by atoms with Crippen molar-refractivity contribution in [3.8, 4) is 0 Å². The van der Waals surface area contributed by atoms with E-state index in [2.05, 4.69) is 44.8 Å². The minimum absolute atomic E-state index is 0.322. The fraction of sp³-hybridized carbons (Fsp3) is 0.688. The highest BCUT2D eigenvalue weighted by Gasteiger charge is 2.30. The molecule has 0 spiro atoms. The van der Waals surface area contributed by atoms with Gasteiger partial charge in [0, 0.05) is 17.0 Å². The van der Waals surface area contributed by atoms with Crippen LogP contribution in [-0.4, -0.2) is 16.3 Å². The van der Waals surface area contributed by atoms with Crippen LogP contribution >= 0.6 is 11.8 Å². The predicted molar refractivity (Wildman–Crippen MR) is 83.5 cm³/mol. The standard InChI is InChI=1S/C16H26N2S/c1-10(2)13-5-6-14(17)15(9-13)19-16-8-11(3)7-12(4)18-16/h7-8,10,13-15H,5-6,9,17H2,1-4H3. The maximum atomic E-state index is 6.32. The fourth-order valence-corrected chi connectivity index (χ4v) is 4.36. The summed E-state index contributed by atoms with van der Waals surface area (Å²) in [5, 5.41) is 1.66. The second kappa shape index (κ2) is 6.27. The summed E-state index contributed by atoms with van der Waals surface area (Å²) >= 11 is 1.89. The van der Waals surface area contributed by atoms with Gasteiger partial charge in [-0.25, -0.2) is 4.98 Å². The van der Waals surface area contributed by atoms with Crippen LogP contribution in [0.5, 0.6) is 0 Å². The van der Waals surface area contributed by atoms with E-state index in [-0.39, 0.29) is 0 Å². The summed E-state index contributed by atoms with van der Waals surface area (Å²) in [6.45, 7) is 8.86. The Kier molecular flexibility index (Phi) is 4.91. The van der Waals surface area contributed by atoms with E-state index in [4.69, 9.17) is 5.73 Å². The lowest BCUT2D eigenvalue weighted by Gasteiger charge is -2.35. The Balaban J connectivity index is 2.07. The van der Waals surface area contributed by atoms with Crippen molar-refractivity contribution in [2.75, 3.05) is 0 Å². The van der Waals surface area contributed by atoms with E-state index in [1.165, 1.54) is 18.4 Å². The Morgan fingerprint density at radius 2 is 2.00 bits per heavy atom. The average molecular weight is 278 g/mol. The molecule has 0 bridgehead atoms. The van der Waals surface area contributed by atoms with Crippen LogP contribution in [0.3, 0.4) is 0 Å². The van der Waals surface area contributed by atoms with Crippen LogP contribution in [-0.2, 0) is 0 Å². The highest BCUT2D eigenvalue weighted by molar-refractivity contribution is 7.99. The van der Waals surface area contributed by atoms with Crippen molar-refractivity contribution in [3.05, 3.63) is 23.4 Å². The second-order valence-corrected chi connectivity index (χ2v) is 7.52. The first kappa shape index (κ1) is 14.9. The molecule has 1 aromatic heterocycles. The lowest BCUT2D eigenvalue weighted by atomic mass is 9.79. The zero-order chi connectivity index (χ0) is 14.0. The number of thioether (sulfide) groups is 1. The van der Waals surface area contributed by atoms with E-state index in [0.717, 1.165) is 29.0 Å². The fourth-order valence-electron chi connectivity index (χ4n) is 2.94. The SMILES string of the molecule is Cc1cc(C)nc(SC2CC(C(C)C)CCC2N)c1. The van der Waals surface area contributed by atoms with E-state index in [0.29, 0.717) is 11.3 Å². The molecule has 1 aliphatic rings. The number of nitrogens with two attached hydrogens (primary N) is 1. The molecule has 0 amide bonds. The highest BCUT2D eigenvalue weighted by Crippen LogP contribution is 2.38. The summed E-state index contributed by atoms with van der Waals surface area (Å²) < 4.78 is 0. The highest BCUT2D eigenvalue weighted by atomic mass is 32.2. The third-order valence-electron chi connectivity index (χ3n) is 4.17. The topological polar surface area (TPSA) is 38.9 Å². The van der Waals surface area contributed by atoms with Crippen molar-refractivity contribution in [2.45, 2.75) is 63.3 Å². The smallest absolute Gasteiger partial charge is 0.0968 e. The van der Waals surface area contributed by atoms with Crippen LogP contribution in [0.25, 0.3) is 0 Å². The summed E-state index contributed by atoms with van der Waals surface area (Å²) in [5.74, 6) is 1.59. The number of aromatic nitrogens is 1. The second-order valence-electron chi connectivity index (χ2n) is 6.26. The lowest BCUT2D eigenvalue weighted by Crippen LogP contribution is -2.39. The maximum absolute atomic E-state index is 6.32. The lowest BCUT2D eigenvalue weighted by molar-refractivity contribution is 0.266. The van der Waals surface area contributed by atoms with Gasteiger partial charge in [-0.3, -0.25) is 0 Å². The number of pyridine rings is 1. The van der Waals surface area contributed by atoms with Gasteiger partial charge < -0.3 is 5.73 Å². The zero-order valence-corrected chi connectivity index (χ0v) is 13.3. The van der Waals surface area contributed by atoms with E-state index < -0.39 is 0 Å². The molecule has 3 atom stereocenters. The Morgan fingerprint density at radius 3 is 2.63 bits per heavy atom. The van der Waals surface area contributed by atoms with Crippen molar-refractivity contribution < 1.29 is 0 Å². The van der Waals surface area contributed by atoms with Gasteiger partial charge in [-0.2, -0.15) is 0 Å². The van der Waals surface area contributed by atoms with Gasteiger partial charge in [-0.15, -0.1) is 11.8 Å². The molecule has 3 unspecified atom stereocenters. The summed E-state index contributed by atoms with van der Waals surface area (Å²) in [4.78, 5) is 4.64. The van der Waals surface area contributed by atoms with Gasteiger partial charge in [0.25, 0.3) is 0 Å². The van der Waals surface area contributed by atoms with E-state index in [1.54, 1.807) is 0 Å². The maximum Gasteiger partial charge on any atom is 0.0968 e. The minimum Gasteiger partial charge on any atom is -0.327 e. The van der Waals surface area contributed by atoms with Gasteiger partial charge in [-0.1, -0.05) is 13.8 Å². The molecule has 2 N–H and O–H groups in total. The molecule has 1 fully saturated rings. The number of nitrogens with zero attached hydrogens (tertiary/aromatic N) is 1. The predicted octanol–water partition coefficient (Wildman–Crippen LogP) is 3.94. The minimum atomic E-state index is 0.322. The van der Waals surface area contributed by atoms with Gasteiger partial charge in [0.05, 0.1) is 5.03 Å². The molecule has 2 rings (SSSR count). The van der Waals surface area contributed by atoms with Gasteiger partial charge in [0.15, 0.2) is 0 Å². The van der Waals surface area contributed by atoms with Gasteiger partial charge in [0.1, 0.15) is 0 Å². The van der Waals surface area contributed by atoms with Crippen molar-refractivity contribution in [1.82, 2.24) is 4.98 Å². The number of hydrogen-bond acceptors (Lipinski definition) is 3. The first-order valence-corrected chi connectivity index (χ1v) is 8.21. The number of rotatable bonds is 3. The summed E-state index contributed by atoms with van der Waals surface area (Å²) in [6, 6.07) is 4.63. The van der Waals surface area contributed by atoms with Gasteiger partial charge in [0.2, 0.25) is 0 Å². The molecule has 1 saturated carbocycles. The molecule has 19 heavy (non-hydrogen) atoms. The van der Waals surface area contributed by atoms with Crippen molar-refractivity contribution in [1.29, 1.82) is 0 Å². The van der Waals surface area contributed by atoms with E-state index in [9.17, 15) is 0 Å². The third kappa shape index (κ3) is 3.96. The molecular formula is C16H26N2S. The Hall–Kier alpha value is -0.540. The Labute approximate surface area is 121 Å². The van der Waals surface area contributed by atoms with Gasteiger partial charge in [-0.05, 0) is 62.6 Å². The molecule has 2 nitrogen and oxygen atoms in total. The summed E-state index contributed by atoms with van der Waals surface area (Å²) in [7, 11) is 0. The van der Waals surface area contributed by atoms with E-state index in [1.807, 2.05) is 11.8 Å². The number of aryl methyl sites for hydroxylation is 2. The third-order valence-corrected chi connectivity index (χ3v) is 5.47. The molecule has 0 saturated heterocycles. The van der Waals surface area contributed by atoms with Crippen LogP contribution < -0.4 is 5.73 Å². The van der Waals surface area contributed by atoms with Crippen molar-refractivity contribution in [2.24, 2.45) is 17.6 Å². The number of hydrogen-bond donors (Lipinski definition) is 1. The molecule has 106 valence electrons. The average Bonchev–Trinajstić information content (AvgIpc) is 2.30. The first-order valence-electron chi connectivity index (χ1n) is 7.33. The summed E-state index contributed by atoms with van der Waals surface area (Å²) in [5.41, 5.74) is 8.71. The van der Waals surface area contributed by atoms with Crippen molar-refractivity contribution >= 4 is 11.8 Å². The molecule has 0 aromatic carbocycles. The molecule has 0 radical (unpaired) electrons. The Morgan fingerprint density at radius 1 is 1.26 bits per heavy atom. The van der Waals surface area contributed by atoms with Gasteiger partial charge >= 0.3 is 0 Å². The van der Waals surface area contributed by atoms with Crippen LogP contribution in [0, 0.1) is 25.7 Å². The molecule has 1 aliphatic carbocycles. The molecule has 1 aromatic rings. The van der Waals surface area contributed by atoms with Crippen LogP contribution in [0.4, 0.5) is 0 Å². The van der Waals surface area contributed by atoms with Crippen LogP contribution in [0.1, 0.15) is 44.4 Å².